The van der Waals surface area contributed by atoms with Gasteiger partial charge in [-0.3, -0.25) is 0 Å². The summed E-state index contributed by atoms with van der Waals surface area (Å²) in [6.45, 7) is 5.62. The van der Waals surface area contributed by atoms with Crippen LogP contribution in [0.15, 0.2) is 0 Å². The predicted molar refractivity (Wildman–Crippen MR) is 113 cm³/mol. The van der Waals surface area contributed by atoms with E-state index in [9.17, 15) is 0 Å². The van der Waals surface area contributed by atoms with Gasteiger partial charge in [0.05, 0.1) is 0 Å². The first-order chi connectivity index (χ1) is 10.2. The normalized spacial score (nSPS) is 37.4. The maximum atomic E-state index is 2.81. The van der Waals surface area contributed by atoms with Crippen LogP contribution >= 0.6 is 0 Å². The predicted octanol–water partition coefficient (Wildman–Crippen LogP) is 7.94. The van der Waals surface area contributed by atoms with Crippen molar-refractivity contribution in [1.29, 1.82) is 0 Å². The fourth-order valence-corrected chi connectivity index (χ4v) is 12.4. The molecule has 4 aliphatic carbocycles. The number of hydrogen-bond donors (Lipinski definition) is 0. The molecule has 0 aromatic rings. The van der Waals surface area contributed by atoms with Crippen molar-refractivity contribution >= 4 is 8.07 Å². The fraction of sp³-hybridized carbons (Fsp3) is 0.826. The summed E-state index contributed by atoms with van der Waals surface area (Å²) in [5.41, 5.74) is 2.30. The van der Waals surface area contributed by atoms with Crippen molar-refractivity contribution in [3.05, 3.63) is 28.2 Å². The first-order valence-corrected chi connectivity index (χ1v) is 13.2. The number of fused-ring (bicyclic) bond motifs is 2. The number of hydrogen-bond acceptors (Lipinski definition) is 0. The third-order valence-electron chi connectivity index (χ3n) is 8.23. The van der Waals surface area contributed by atoms with Crippen molar-refractivity contribution in [2.45, 2.75) is 101 Å². The van der Waals surface area contributed by atoms with E-state index in [1.165, 1.54) is 24.8 Å². The maximum absolute atomic E-state index is 2.81. The standard InChI is InChI=1S/C20H35Si.3CH3.Zr/c1-21(2,19-13-11-15-7-3-5-9-17(15)19)20-14-12-16-8-4-6-10-18(16)20;;;;/h15-17,19-20H,3-14H2,1-2H3;3*1H3;/q4*-1;+4. The Morgan fingerprint density at radius 2 is 1.40 bits per heavy atom. The van der Waals surface area contributed by atoms with Gasteiger partial charge in [0, 0.05) is 8.07 Å². The molecule has 0 nitrogen and oxygen atoms in total. The Balaban J connectivity index is 0.00000144. The molecule has 4 fully saturated rings. The molecular formula is C23H44SiZr. The Kier molecular flexibility index (Phi) is 11.1. The van der Waals surface area contributed by atoms with Crippen LogP contribution in [0.5, 0.6) is 0 Å². The first kappa shape index (κ1) is 26.1. The van der Waals surface area contributed by atoms with Crippen LogP contribution in [0, 0.1) is 46.0 Å². The minimum Gasteiger partial charge on any atom is -0.358 e. The Hall–Kier alpha value is 1.10. The molecule has 4 aliphatic rings. The molecule has 0 amide bonds. The van der Waals surface area contributed by atoms with Gasteiger partial charge in [-0.2, -0.15) is 17.9 Å². The molecule has 5 unspecified atom stereocenters. The molecule has 5 atom stereocenters. The van der Waals surface area contributed by atoms with Crippen molar-refractivity contribution in [2.24, 2.45) is 17.8 Å². The van der Waals surface area contributed by atoms with Gasteiger partial charge in [-0.1, -0.05) is 83.7 Å². The molecule has 0 aromatic heterocycles. The van der Waals surface area contributed by atoms with E-state index in [1.54, 1.807) is 57.8 Å². The summed E-state index contributed by atoms with van der Waals surface area (Å²) < 4.78 is 0. The molecule has 0 heterocycles. The molecule has 0 aromatic carbocycles. The monoisotopic (exact) mass is 438 g/mol. The topological polar surface area (TPSA) is 0 Å². The Morgan fingerprint density at radius 3 is 2.16 bits per heavy atom. The second kappa shape index (κ2) is 10.6. The largest absolute Gasteiger partial charge is 4.00 e. The summed E-state index contributed by atoms with van der Waals surface area (Å²) >= 11 is 0. The molecule has 0 radical (unpaired) electrons. The van der Waals surface area contributed by atoms with Crippen LogP contribution in [0.3, 0.4) is 0 Å². The summed E-state index contributed by atoms with van der Waals surface area (Å²) in [7, 11) is -1.09. The maximum Gasteiger partial charge on any atom is 4.00 e. The third-order valence-corrected chi connectivity index (χ3v) is 13.3. The van der Waals surface area contributed by atoms with E-state index in [1.807, 2.05) is 0 Å². The molecular weight excluding hydrogens is 396 g/mol. The molecule has 4 saturated carbocycles. The van der Waals surface area contributed by atoms with Gasteiger partial charge in [0.1, 0.15) is 0 Å². The minimum atomic E-state index is -1.09. The number of rotatable bonds is 2. The zero-order chi connectivity index (χ0) is 14.4. The van der Waals surface area contributed by atoms with Crippen LogP contribution in [0.25, 0.3) is 0 Å². The van der Waals surface area contributed by atoms with Crippen LogP contribution in [-0.2, 0) is 26.2 Å². The van der Waals surface area contributed by atoms with Crippen LogP contribution in [-0.4, -0.2) is 8.07 Å². The Morgan fingerprint density at radius 1 is 0.720 bits per heavy atom. The van der Waals surface area contributed by atoms with E-state index in [-0.39, 0.29) is 48.5 Å². The van der Waals surface area contributed by atoms with Crippen LogP contribution in [0.1, 0.15) is 77.0 Å². The molecule has 2 heteroatoms. The van der Waals surface area contributed by atoms with E-state index in [2.05, 4.69) is 19.0 Å². The van der Waals surface area contributed by atoms with Gasteiger partial charge in [0.15, 0.2) is 0 Å². The smallest absolute Gasteiger partial charge is 0.358 e. The molecule has 25 heavy (non-hydrogen) atoms. The van der Waals surface area contributed by atoms with Gasteiger partial charge in [0.25, 0.3) is 0 Å². The Bertz CT molecular complexity index is 346. The van der Waals surface area contributed by atoms with Gasteiger partial charge in [0.2, 0.25) is 0 Å². The molecule has 0 bridgehead atoms. The van der Waals surface area contributed by atoms with Crippen molar-refractivity contribution in [3.8, 4) is 0 Å². The van der Waals surface area contributed by atoms with Gasteiger partial charge < -0.3 is 28.2 Å². The summed E-state index contributed by atoms with van der Waals surface area (Å²) in [6, 6.07) is 0. The quantitative estimate of drug-likeness (QED) is 0.302. The summed E-state index contributed by atoms with van der Waals surface area (Å²) in [5, 5.41) is 0. The van der Waals surface area contributed by atoms with Gasteiger partial charge in [-0.25, -0.2) is 0 Å². The fourth-order valence-electron chi connectivity index (χ4n) is 7.22. The summed E-state index contributed by atoms with van der Waals surface area (Å²) in [6.07, 6.45) is 18.7. The van der Waals surface area contributed by atoms with Gasteiger partial charge >= 0.3 is 26.2 Å². The summed E-state index contributed by atoms with van der Waals surface area (Å²) in [5.74, 6) is 5.46. The van der Waals surface area contributed by atoms with Crippen molar-refractivity contribution in [3.63, 3.8) is 0 Å². The van der Waals surface area contributed by atoms with Crippen molar-refractivity contribution < 1.29 is 26.2 Å². The molecule has 0 N–H and O–H groups in total. The first-order valence-electron chi connectivity index (χ1n) is 10.0. The molecule has 0 aliphatic heterocycles. The average molecular weight is 440 g/mol. The van der Waals surface area contributed by atoms with E-state index in [0.717, 1.165) is 23.3 Å². The zero-order valence-electron chi connectivity index (χ0n) is 17.9. The second-order valence-corrected chi connectivity index (χ2v) is 14.4. The molecule has 4 rings (SSSR count). The van der Waals surface area contributed by atoms with Gasteiger partial charge in [-0.05, 0) is 17.4 Å². The van der Waals surface area contributed by atoms with E-state index >= 15 is 0 Å². The van der Waals surface area contributed by atoms with E-state index in [0.29, 0.717) is 0 Å². The van der Waals surface area contributed by atoms with Gasteiger partial charge in [-0.15, -0.1) is 0 Å². The Labute approximate surface area is 180 Å². The summed E-state index contributed by atoms with van der Waals surface area (Å²) in [4.78, 5) is 0. The zero-order valence-corrected chi connectivity index (χ0v) is 21.3. The van der Waals surface area contributed by atoms with E-state index < -0.39 is 8.07 Å². The molecule has 0 saturated heterocycles. The molecule has 0 spiro atoms. The SMILES string of the molecule is C[Si](C)(C1CCC2CCCC[C-]21)C1CCC2CCCCC21.[CH3-].[CH3-].[CH3-].[Zr+4]. The average Bonchev–Trinajstić information content (AvgIpc) is 3.12. The van der Waals surface area contributed by atoms with Crippen molar-refractivity contribution in [2.75, 3.05) is 0 Å². The van der Waals surface area contributed by atoms with Crippen LogP contribution < -0.4 is 0 Å². The van der Waals surface area contributed by atoms with Crippen molar-refractivity contribution in [1.82, 2.24) is 0 Å². The second-order valence-electron chi connectivity index (χ2n) is 9.36. The third kappa shape index (κ3) is 4.75. The van der Waals surface area contributed by atoms with Crippen LogP contribution in [0.2, 0.25) is 24.2 Å². The molecule has 144 valence electrons. The van der Waals surface area contributed by atoms with Crippen LogP contribution in [0.4, 0.5) is 0 Å². The van der Waals surface area contributed by atoms with E-state index in [4.69, 9.17) is 0 Å². The minimum absolute atomic E-state index is 0.